The van der Waals surface area contributed by atoms with Crippen LogP contribution in [0.4, 0.5) is 0 Å². The fourth-order valence-electron chi connectivity index (χ4n) is 1.14. The monoisotopic (exact) mass is 230 g/mol. The first-order valence-electron chi connectivity index (χ1n) is 4.47. The predicted octanol–water partition coefficient (Wildman–Crippen LogP) is 4.21. The second-order valence-corrected chi connectivity index (χ2v) is 3.73. The van der Waals surface area contributed by atoms with Crippen molar-refractivity contribution in [3.8, 4) is 5.75 Å². The molecule has 0 spiro atoms. The zero-order valence-corrected chi connectivity index (χ0v) is 9.44. The normalized spacial score (nSPS) is 11.1. The number of rotatable bonds is 3. The van der Waals surface area contributed by atoms with Crippen LogP contribution in [-0.4, -0.2) is 5.11 Å². The van der Waals surface area contributed by atoms with E-state index in [-0.39, 0.29) is 5.75 Å². The Kier molecular flexibility index (Phi) is 4.30. The van der Waals surface area contributed by atoms with Crippen LogP contribution in [0.5, 0.6) is 5.75 Å². The Balaban J connectivity index is 2.95. The van der Waals surface area contributed by atoms with Gasteiger partial charge in [0, 0.05) is 5.56 Å². The van der Waals surface area contributed by atoms with Gasteiger partial charge in [-0.2, -0.15) is 0 Å². The average Bonchev–Trinajstić information content (AvgIpc) is 2.18. The first-order valence-corrected chi connectivity index (χ1v) is 5.23. The molecule has 0 aliphatic rings. The highest BCUT2D eigenvalue weighted by atomic mass is 35.5. The fraction of sp³-hybridized carbons (Fsp3) is 0.273. The molecule has 1 aromatic rings. The highest BCUT2D eigenvalue weighted by molar-refractivity contribution is 6.42. The third-order valence-electron chi connectivity index (χ3n) is 1.90. The number of hydrogen-bond donors (Lipinski definition) is 1. The van der Waals surface area contributed by atoms with Gasteiger partial charge in [-0.05, 0) is 25.0 Å². The van der Waals surface area contributed by atoms with E-state index in [9.17, 15) is 5.11 Å². The van der Waals surface area contributed by atoms with Crippen molar-refractivity contribution in [3.05, 3.63) is 39.9 Å². The smallest absolute Gasteiger partial charge is 0.120 e. The molecule has 0 radical (unpaired) electrons. The summed E-state index contributed by atoms with van der Waals surface area (Å²) in [5.74, 6) is 0.195. The van der Waals surface area contributed by atoms with Gasteiger partial charge in [0.2, 0.25) is 0 Å². The van der Waals surface area contributed by atoms with Crippen molar-refractivity contribution in [1.29, 1.82) is 0 Å². The van der Waals surface area contributed by atoms with Gasteiger partial charge in [0.25, 0.3) is 0 Å². The third-order valence-corrected chi connectivity index (χ3v) is 2.74. The molecule has 0 aromatic heterocycles. The van der Waals surface area contributed by atoms with E-state index in [1.807, 2.05) is 12.2 Å². The van der Waals surface area contributed by atoms with Crippen molar-refractivity contribution in [1.82, 2.24) is 0 Å². The second kappa shape index (κ2) is 5.28. The highest BCUT2D eigenvalue weighted by Gasteiger charge is 2.08. The van der Waals surface area contributed by atoms with Gasteiger partial charge in [-0.1, -0.05) is 42.3 Å². The van der Waals surface area contributed by atoms with Gasteiger partial charge in [0.15, 0.2) is 0 Å². The van der Waals surface area contributed by atoms with Crippen molar-refractivity contribution in [3.63, 3.8) is 0 Å². The molecule has 0 unspecified atom stereocenters. The van der Waals surface area contributed by atoms with Gasteiger partial charge in [-0.3, -0.25) is 0 Å². The van der Waals surface area contributed by atoms with Gasteiger partial charge >= 0.3 is 0 Å². The molecule has 76 valence electrons. The molecule has 0 heterocycles. The van der Waals surface area contributed by atoms with Crippen molar-refractivity contribution >= 4 is 23.2 Å². The number of phenols is 1. The lowest BCUT2D eigenvalue weighted by Gasteiger charge is -2.05. The molecule has 0 amide bonds. The molecular weight excluding hydrogens is 219 g/mol. The van der Waals surface area contributed by atoms with E-state index in [4.69, 9.17) is 23.2 Å². The summed E-state index contributed by atoms with van der Waals surface area (Å²) in [5.41, 5.74) is 0.684. The van der Waals surface area contributed by atoms with Gasteiger partial charge in [-0.25, -0.2) is 0 Å². The summed E-state index contributed by atoms with van der Waals surface area (Å²) in [6.07, 6.45) is 5.58. The van der Waals surface area contributed by atoms with Gasteiger partial charge in [0.1, 0.15) is 5.75 Å². The molecule has 0 saturated carbocycles. The largest absolute Gasteiger partial charge is 0.508 e. The maximum absolute atomic E-state index is 9.54. The lowest BCUT2D eigenvalue weighted by molar-refractivity contribution is 0.470. The van der Waals surface area contributed by atoms with E-state index in [1.54, 1.807) is 12.1 Å². The summed E-state index contributed by atoms with van der Waals surface area (Å²) in [4.78, 5) is 0. The summed E-state index contributed by atoms with van der Waals surface area (Å²) in [6, 6.07) is 3.15. The number of halogens is 2. The van der Waals surface area contributed by atoms with Crippen LogP contribution in [0.25, 0.3) is 0 Å². The molecule has 1 rings (SSSR count). The second-order valence-electron chi connectivity index (χ2n) is 2.94. The van der Waals surface area contributed by atoms with Crippen LogP contribution in [0, 0.1) is 0 Å². The van der Waals surface area contributed by atoms with Crippen LogP contribution in [0.2, 0.25) is 10.0 Å². The molecule has 1 nitrogen and oxygen atoms in total. The molecule has 1 N–H and O–H groups in total. The number of phenolic OH excluding ortho intramolecular Hbond substituents is 1. The summed E-state index contributed by atoms with van der Waals surface area (Å²) in [7, 11) is 0. The minimum Gasteiger partial charge on any atom is -0.508 e. The lowest BCUT2D eigenvalue weighted by atomic mass is 10.1. The first kappa shape index (κ1) is 11.4. The van der Waals surface area contributed by atoms with E-state index < -0.39 is 0 Å². The van der Waals surface area contributed by atoms with Crippen molar-refractivity contribution in [2.24, 2.45) is 0 Å². The van der Waals surface area contributed by atoms with Crippen molar-refractivity contribution < 1.29 is 5.11 Å². The van der Waals surface area contributed by atoms with Crippen molar-refractivity contribution in [2.45, 2.75) is 19.8 Å². The Labute approximate surface area is 94.0 Å². The van der Waals surface area contributed by atoms with Crippen LogP contribution in [0.15, 0.2) is 24.3 Å². The molecule has 0 bridgehead atoms. The number of allylic oxidation sites excluding steroid dienone is 2. The minimum atomic E-state index is 0.195. The standard InChI is InChI=1S/C11H12Cl2O/c1-2-3-4-5-8-10(14)7-6-9(12)11(8)13/h3-4,6-7,14H,2,5H2,1H3/b4-3+. The summed E-state index contributed by atoms with van der Waals surface area (Å²) in [5, 5.41) is 10.5. The average molecular weight is 231 g/mol. The Hall–Kier alpha value is -0.660. The van der Waals surface area contributed by atoms with E-state index in [0.717, 1.165) is 6.42 Å². The molecule has 0 atom stereocenters. The Morgan fingerprint density at radius 2 is 2.00 bits per heavy atom. The molecule has 0 fully saturated rings. The Morgan fingerprint density at radius 3 is 2.64 bits per heavy atom. The first-order chi connectivity index (χ1) is 6.66. The van der Waals surface area contributed by atoms with Crippen LogP contribution in [0.1, 0.15) is 18.9 Å². The lowest BCUT2D eigenvalue weighted by Crippen LogP contribution is -1.85. The van der Waals surface area contributed by atoms with Crippen molar-refractivity contribution in [2.75, 3.05) is 0 Å². The quantitative estimate of drug-likeness (QED) is 0.772. The Morgan fingerprint density at radius 1 is 1.29 bits per heavy atom. The third kappa shape index (κ3) is 2.66. The zero-order chi connectivity index (χ0) is 10.6. The highest BCUT2D eigenvalue weighted by Crippen LogP contribution is 2.32. The summed E-state index contributed by atoms with van der Waals surface area (Å²) < 4.78 is 0. The molecule has 0 aliphatic carbocycles. The van der Waals surface area contributed by atoms with E-state index in [1.165, 1.54) is 0 Å². The molecule has 0 saturated heterocycles. The maximum atomic E-state index is 9.54. The van der Waals surface area contributed by atoms with E-state index in [2.05, 4.69) is 6.92 Å². The number of hydrogen-bond acceptors (Lipinski definition) is 1. The zero-order valence-electron chi connectivity index (χ0n) is 7.93. The summed E-state index contributed by atoms with van der Waals surface area (Å²) >= 11 is 11.8. The van der Waals surface area contributed by atoms with E-state index >= 15 is 0 Å². The number of benzene rings is 1. The van der Waals surface area contributed by atoms with Gasteiger partial charge in [0.05, 0.1) is 10.0 Å². The van der Waals surface area contributed by atoms with Crippen LogP contribution in [-0.2, 0) is 6.42 Å². The van der Waals surface area contributed by atoms with Crippen LogP contribution in [0.3, 0.4) is 0 Å². The number of aromatic hydroxyl groups is 1. The van der Waals surface area contributed by atoms with Crippen LogP contribution >= 0.6 is 23.2 Å². The molecule has 0 aliphatic heterocycles. The summed E-state index contributed by atoms with van der Waals surface area (Å²) in [6.45, 7) is 2.05. The minimum absolute atomic E-state index is 0.195. The molecule has 1 aromatic carbocycles. The van der Waals surface area contributed by atoms with Gasteiger partial charge < -0.3 is 5.11 Å². The topological polar surface area (TPSA) is 20.2 Å². The molecule has 14 heavy (non-hydrogen) atoms. The van der Waals surface area contributed by atoms with E-state index in [0.29, 0.717) is 22.0 Å². The SMILES string of the molecule is CC/C=C/Cc1c(O)ccc(Cl)c1Cl. The Bertz CT molecular complexity index is 345. The maximum Gasteiger partial charge on any atom is 0.120 e. The fourth-order valence-corrected chi connectivity index (χ4v) is 1.56. The predicted molar refractivity (Wildman–Crippen MR) is 61.3 cm³/mol. The molecule has 3 heteroatoms. The molecular formula is C11H12Cl2O. The van der Waals surface area contributed by atoms with Crippen LogP contribution < -0.4 is 0 Å². The van der Waals surface area contributed by atoms with Gasteiger partial charge in [-0.15, -0.1) is 0 Å².